The van der Waals surface area contributed by atoms with Gasteiger partial charge in [-0.1, -0.05) is 12.1 Å². The molecule has 0 saturated carbocycles. The van der Waals surface area contributed by atoms with Crippen LogP contribution < -0.4 is 5.32 Å². The second-order valence-corrected chi connectivity index (χ2v) is 8.07. The van der Waals surface area contributed by atoms with Crippen molar-refractivity contribution in [1.82, 2.24) is 15.1 Å². The molecular formula is C20H24N4O4. The van der Waals surface area contributed by atoms with Crippen molar-refractivity contribution < 1.29 is 19.1 Å². The van der Waals surface area contributed by atoms with Crippen LogP contribution in [0, 0.1) is 0 Å². The van der Waals surface area contributed by atoms with Crippen LogP contribution in [0.15, 0.2) is 18.2 Å². The second-order valence-electron chi connectivity index (χ2n) is 8.07. The van der Waals surface area contributed by atoms with Crippen molar-refractivity contribution in [3.63, 3.8) is 0 Å². The van der Waals surface area contributed by atoms with Crippen molar-refractivity contribution in [3.8, 4) is 0 Å². The fourth-order valence-electron chi connectivity index (χ4n) is 3.48. The molecule has 0 spiro atoms. The van der Waals surface area contributed by atoms with Gasteiger partial charge in [0.1, 0.15) is 5.60 Å². The number of rotatable bonds is 2. The van der Waals surface area contributed by atoms with Crippen LogP contribution in [0.5, 0.6) is 0 Å². The molecule has 0 aliphatic carbocycles. The molecule has 0 fully saturated rings. The third-order valence-electron chi connectivity index (χ3n) is 4.81. The Morgan fingerprint density at radius 2 is 2.07 bits per heavy atom. The van der Waals surface area contributed by atoms with Gasteiger partial charge in [-0.05, 0) is 38.0 Å². The number of benzene rings is 1. The molecule has 1 aromatic heterocycles. The maximum Gasteiger partial charge on any atom is 0.410 e. The molecule has 148 valence electrons. The Morgan fingerprint density at radius 3 is 2.86 bits per heavy atom. The highest BCUT2D eigenvalue weighted by molar-refractivity contribution is 6.05. The molecular weight excluding hydrogens is 360 g/mol. The van der Waals surface area contributed by atoms with Gasteiger partial charge in [-0.15, -0.1) is 0 Å². The van der Waals surface area contributed by atoms with Crippen LogP contribution in [0.4, 0.5) is 10.6 Å². The molecule has 4 rings (SSSR count). The molecule has 8 heteroatoms. The van der Waals surface area contributed by atoms with E-state index in [2.05, 4.69) is 15.5 Å². The zero-order valence-corrected chi connectivity index (χ0v) is 16.3. The van der Waals surface area contributed by atoms with E-state index in [0.717, 1.165) is 28.8 Å². The van der Waals surface area contributed by atoms with Crippen molar-refractivity contribution in [2.75, 3.05) is 11.9 Å². The average molecular weight is 384 g/mol. The first-order chi connectivity index (χ1) is 13.3. The first-order valence-corrected chi connectivity index (χ1v) is 9.36. The van der Waals surface area contributed by atoms with Gasteiger partial charge in [-0.3, -0.25) is 14.8 Å². The first-order valence-electron chi connectivity index (χ1n) is 9.36. The van der Waals surface area contributed by atoms with Crippen LogP contribution in [0.1, 0.15) is 53.5 Å². The highest BCUT2D eigenvalue weighted by atomic mass is 16.6. The minimum Gasteiger partial charge on any atom is -0.444 e. The number of aromatic amines is 1. The van der Waals surface area contributed by atoms with E-state index >= 15 is 0 Å². The molecule has 28 heavy (non-hydrogen) atoms. The summed E-state index contributed by atoms with van der Waals surface area (Å²) < 4.78 is 10.9. The van der Waals surface area contributed by atoms with Gasteiger partial charge in [0, 0.05) is 29.8 Å². The quantitative estimate of drug-likeness (QED) is 0.830. The van der Waals surface area contributed by atoms with E-state index in [1.54, 1.807) is 11.0 Å². The van der Waals surface area contributed by atoms with E-state index in [4.69, 9.17) is 9.47 Å². The summed E-state index contributed by atoms with van der Waals surface area (Å²) in [6.45, 7) is 7.35. The largest absolute Gasteiger partial charge is 0.444 e. The van der Waals surface area contributed by atoms with Crippen molar-refractivity contribution in [3.05, 3.63) is 46.1 Å². The van der Waals surface area contributed by atoms with Gasteiger partial charge in [-0.2, -0.15) is 5.10 Å². The van der Waals surface area contributed by atoms with E-state index in [9.17, 15) is 9.59 Å². The lowest BCUT2D eigenvalue weighted by Gasteiger charge is -2.24. The Morgan fingerprint density at radius 1 is 1.25 bits per heavy atom. The summed E-state index contributed by atoms with van der Waals surface area (Å²) in [6, 6.07) is 5.53. The number of ether oxygens (including phenoxy) is 2. The number of carbonyl (C=O) groups is 2. The van der Waals surface area contributed by atoms with Gasteiger partial charge < -0.3 is 14.8 Å². The zero-order chi connectivity index (χ0) is 19.9. The van der Waals surface area contributed by atoms with Gasteiger partial charge in [-0.25, -0.2) is 4.79 Å². The molecule has 3 heterocycles. The van der Waals surface area contributed by atoms with Crippen LogP contribution in [-0.2, 0) is 35.6 Å². The maximum atomic E-state index is 12.9. The summed E-state index contributed by atoms with van der Waals surface area (Å²) in [7, 11) is 0. The molecule has 0 radical (unpaired) electrons. The standard InChI is InChI=1S/C20H24N4O4/c1-20(2,3)28-19(26)24-9-12-5-4-6-13(14(12)10-24)18(25)21-17-15-11-27-8-7-16(15)22-23-17/h4-6H,7-11H2,1-3H3,(H2,21,22,23,25). The molecule has 2 aromatic rings. The Balaban J connectivity index is 1.52. The molecule has 1 aromatic carbocycles. The van der Waals surface area contributed by atoms with E-state index in [1.165, 1.54) is 0 Å². The summed E-state index contributed by atoms with van der Waals surface area (Å²) in [5.41, 5.74) is 3.65. The summed E-state index contributed by atoms with van der Waals surface area (Å²) in [6.07, 6.45) is 0.373. The predicted molar refractivity (Wildman–Crippen MR) is 102 cm³/mol. The van der Waals surface area contributed by atoms with Gasteiger partial charge in [0.25, 0.3) is 5.91 Å². The number of hydrogen-bond donors (Lipinski definition) is 2. The summed E-state index contributed by atoms with van der Waals surface area (Å²) in [5.74, 6) is 0.252. The highest BCUT2D eigenvalue weighted by Crippen LogP contribution is 2.29. The average Bonchev–Trinajstić information content (AvgIpc) is 3.24. The molecule has 2 aliphatic heterocycles. The van der Waals surface area contributed by atoms with Gasteiger partial charge >= 0.3 is 6.09 Å². The monoisotopic (exact) mass is 384 g/mol. The minimum absolute atomic E-state index is 0.247. The maximum absolute atomic E-state index is 12.9. The fourth-order valence-corrected chi connectivity index (χ4v) is 3.48. The van der Waals surface area contributed by atoms with Crippen molar-refractivity contribution in [2.24, 2.45) is 0 Å². The molecule has 2 aliphatic rings. The number of anilines is 1. The molecule has 0 bridgehead atoms. The molecule has 0 unspecified atom stereocenters. The van der Waals surface area contributed by atoms with E-state index in [-0.39, 0.29) is 12.0 Å². The Bertz CT molecular complexity index is 929. The highest BCUT2D eigenvalue weighted by Gasteiger charge is 2.30. The number of nitrogens with one attached hydrogen (secondary N) is 2. The van der Waals surface area contributed by atoms with Crippen LogP contribution in [-0.4, -0.2) is 39.3 Å². The second kappa shape index (κ2) is 6.94. The topological polar surface area (TPSA) is 96.5 Å². The molecule has 0 saturated heterocycles. The van der Waals surface area contributed by atoms with Crippen molar-refractivity contribution in [2.45, 2.75) is 52.5 Å². The lowest BCUT2D eigenvalue weighted by molar-refractivity contribution is 0.0241. The van der Waals surface area contributed by atoms with Crippen LogP contribution in [0.3, 0.4) is 0 Å². The van der Waals surface area contributed by atoms with Gasteiger partial charge in [0.15, 0.2) is 5.82 Å². The number of H-pyrrole nitrogens is 1. The molecule has 2 amide bonds. The first kappa shape index (κ1) is 18.5. The number of carbonyl (C=O) groups excluding carboxylic acids is 2. The third-order valence-corrected chi connectivity index (χ3v) is 4.81. The zero-order valence-electron chi connectivity index (χ0n) is 16.3. The van der Waals surface area contributed by atoms with Crippen LogP contribution in [0.25, 0.3) is 0 Å². The van der Waals surface area contributed by atoms with Crippen LogP contribution in [0.2, 0.25) is 0 Å². The summed E-state index contributed by atoms with van der Waals surface area (Å²) in [4.78, 5) is 26.9. The van der Waals surface area contributed by atoms with Crippen LogP contribution >= 0.6 is 0 Å². The summed E-state index contributed by atoms with van der Waals surface area (Å²) in [5, 5.41) is 10.1. The van der Waals surface area contributed by atoms with Gasteiger partial charge in [0.05, 0.1) is 19.8 Å². The lowest BCUT2D eigenvalue weighted by atomic mass is 10.0. The van der Waals surface area contributed by atoms with E-state index < -0.39 is 5.60 Å². The molecule has 8 nitrogen and oxygen atoms in total. The Kier molecular flexibility index (Phi) is 4.58. The van der Waals surface area contributed by atoms with E-state index in [1.807, 2.05) is 32.9 Å². The third kappa shape index (κ3) is 3.60. The number of nitrogens with zero attached hydrogens (tertiary/aromatic N) is 2. The van der Waals surface area contributed by atoms with Gasteiger partial charge in [0.2, 0.25) is 0 Å². The number of fused-ring (bicyclic) bond motifs is 2. The SMILES string of the molecule is CC(C)(C)OC(=O)N1Cc2cccc(C(=O)Nc3n[nH]c4c3COCC4)c2C1. The Hall–Kier alpha value is -2.87. The lowest BCUT2D eigenvalue weighted by Crippen LogP contribution is -2.33. The molecule has 0 atom stereocenters. The predicted octanol–water partition coefficient (Wildman–Crippen LogP) is 2.99. The van der Waals surface area contributed by atoms with E-state index in [0.29, 0.717) is 37.7 Å². The fraction of sp³-hybridized carbons (Fsp3) is 0.450. The smallest absolute Gasteiger partial charge is 0.410 e. The minimum atomic E-state index is -0.562. The number of aromatic nitrogens is 2. The number of hydrogen-bond acceptors (Lipinski definition) is 5. The number of amides is 2. The van der Waals surface area contributed by atoms with Crippen molar-refractivity contribution >= 4 is 17.8 Å². The normalized spacial score (nSPS) is 15.8. The summed E-state index contributed by atoms with van der Waals surface area (Å²) >= 11 is 0. The Labute approximate surface area is 163 Å². The molecule has 2 N–H and O–H groups in total. The van der Waals surface area contributed by atoms with Crippen molar-refractivity contribution in [1.29, 1.82) is 0 Å².